The van der Waals surface area contributed by atoms with Gasteiger partial charge in [0, 0.05) is 0 Å². The van der Waals surface area contributed by atoms with Gasteiger partial charge in [-0.2, -0.15) is 0 Å². The predicted molar refractivity (Wildman–Crippen MR) is 69.6 cm³/mol. The molecule has 1 saturated carbocycles. The van der Waals surface area contributed by atoms with Gasteiger partial charge in [-0.3, -0.25) is 0 Å². The quantitative estimate of drug-likeness (QED) is 0.878. The maximum absolute atomic E-state index is 11.7. The predicted octanol–water partition coefficient (Wildman–Crippen LogP) is 1.45. The van der Waals surface area contributed by atoms with Crippen molar-refractivity contribution in [3.63, 3.8) is 0 Å². The number of hydrogen-bond acceptors (Lipinski definition) is 3. The number of imidazole rings is 1. The van der Waals surface area contributed by atoms with Gasteiger partial charge in [0.1, 0.15) is 5.82 Å². The first-order valence-corrected chi connectivity index (χ1v) is 7.53. The molecule has 0 aliphatic heterocycles. The summed E-state index contributed by atoms with van der Waals surface area (Å²) in [5.41, 5.74) is 2.92. The number of para-hydroxylation sites is 1. The SMILES string of the molecule is Cc1cccc2[nH]c(CNS(=O)(=O)C3CC3)nc12. The minimum absolute atomic E-state index is 0.191. The molecule has 0 unspecified atom stereocenters. The zero-order valence-electron chi connectivity index (χ0n) is 10.1. The molecule has 0 bridgehead atoms. The minimum Gasteiger partial charge on any atom is -0.341 e. The molecule has 0 radical (unpaired) electrons. The maximum atomic E-state index is 11.7. The van der Waals surface area contributed by atoms with Crippen molar-refractivity contribution in [1.82, 2.24) is 14.7 Å². The lowest BCUT2D eigenvalue weighted by Gasteiger charge is -2.02. The highest BCUT2D eigenvalue weighted by Crippen LogP contribution is 2.27. The molecule has 0 amide bonds. The van der Waals surface area contributed by atoms with Crippen molar-refractivity contribution in [2.45, 2.75) is 31.6 Å². The molecule has 1 fully saturated rings. The zero-order chi connectivity index (χ0) is 12.8. The fourth-order valence-corrected chi connectivity index (χ4v) is 3.31. The van der Waals surface area contributed by atoms with Gasteiger partial charge in [-0.15, -0.1) is 0 Å². The van der Waals surface area contributed by atoms with Crippen molar-refractivity contribution < 1.29 is 8.42 Å². The van der Waals surface area contributed by atoms with Gasteiger partial charge < -0.3 is 4.98 Å². The van der Waals surface area contributed by atoms with Crippen LogP contribution in [0.25, 0.3) is 11.0 Å². The number of aromatic amines is 1. The maximum Gasteiger partial charge on any atom is 0.214 e. The second-order valence-corrected chi connectivity index (χ2v) is 6.77. The average molecular weight is 265 g/mol. The number of hydrogen-bond donors (Lipinski definition) is 2. The third-order valence-electron chi connectivity index (χ3n) is 3.17. The summed E-state index contributed by atoms with van der Waals surface area (Å²) >= 11 is 0. The Balaban J connectivity index is 1.81. The van der Waals surface area contributed by atoms with Gasteiger partial charge in [-0.1, -0.05) is 12.1 Å². The van der Waals surface area contributed by atoms with Crippen LogP contribution >= 0.6 is 0 Å². The number of nitrogens with zero attached hydrogens (tertiary/aromatic N) is 1. The van der Waals surface area contributed by atoms with Crippen LogP contribution in [0.2, 0.25) is 0 Å². The van der Waals surface area contributed by atoms with Crippen molar-refractivity contribution in [3.8, 4) is 0 Å². The first kappa shape index (κ1) is 11.7. The summed E-state index contributed by atoms with van der Waals surface area (Å²) in [6.07, 6.45) is 1.54. The highest BCUT2D eigenvalue weighted by Gasteiger charge is 2.35. The molecule has 1 aromatic carbocycles. The number of H-pyrrole nitrogens is 1. The molecule has 1 heterocycles. The van der Waals surface area contributed by atoms with E-state index in [1.807, 2.05) is 25.1 Å². The zero-order valence-corrected chi connectivity index (χ0v) is 10.9. The molecule has 18 heavy (non-hydrogen) atoms. The number of rotatable bonds is 4. The van der Waals surface area contributed by atoms with E-state index in [1.54, 1.807) is 0 Å². The Labute approximate surface area is 106 Å². The van der Waals surface area contributed by atoms with Gasteiger partial charge in [-0.05, 0) is 31.4 Å². The van der Waals surface area contributed by atoms with E-state index in [0.717, 1.165) is 29.4 Å². The Hall–Kier alpha value is -1.40. The summed E-state index contributed by atoms with van der Waals surface area (Å²) in [4.78, 5) is 7.54. The van der Waals surface area contributed by atoms with Gasteiger partial charge in [-0.25, -0.2) is 18.1 Å². The van der Waals surface area contributed by atoms with E-state index < -0.39 is 10.0 Å². The number of nitrogens with one attached hydrogen (secondary N) is 2. The van der Waals surface area contributed by atoms with Gasteiger partial charge >= 0.3 is 0 Å². The van der Waals surface area contributed by atoms with Crippen LogP contribution in [0.5, 0.6) is 0 Å². The molecule has 1 aromatic heterocycles. The lowest BCUT2D eigenvalue weighted by molar-refractivity contribution is 0.578. The third kappa shape index (κ3) is 2.13. The molecule has 0 saturated heterocycles. The Morgan fingerprint density at radius 2 is 2.22 bits per heavy atom. The number of fused-ring (bicyclic) bond motifs is 1. The van der Waals surface area contributed by atoms with E-state index in [0.29, 0.717) is 5.82 Å². The van der Waals surface area contributed by atoms with Gasteiger partial charge in [0.2, 0.25) is 10.0 Å². The van der Waals surface area contributed by atoms with Crippen LogP contribution in [-0.2, 0) is 16.6 Å². The van der Waals surface area contributed by atoms with E-state index in [4.69, 9.17) is 0 Å². The van der Waals surface area contributed by atoms with Crippen LogP contribution in [0.3, 0.4) is 0 Å². The van der Waals surface area contributed by atoms with Crippen LogP contribution in [0, 0.1) is 6.92 Å². The average Bonchev–Trinajstić information content (AvgIpc) is 3.09. The van der Waals surface area contributed by atoms with Gasteiger partial charge in [0.25, 0.3) is 0 Å². The molecular formula is C12H15N3O2S. The third-order valence-corrected chi connectivity index (χ3v) is 5.06. The summed E-state index contributed by atoms with van der Waals surface area (Å²) in [5.74, 6) is 0.656. The molecule has 2 aromatic rings. The van der Waals surface area contributed by atoms with Crippen LogP contribution in [0.1, 0.15) is 24.2 Å². The monoisotopic (exact) mass is 265 g/mol. The Morgan fingerprint density at radius 3 is 2.89 bits per heavy atom. The smallest absolute Gasteiger partial charge is 0.214 e. The van der Waals surface area contributed by atoms with Crippen molar-refractivity contribution in [3.05, 3.63) is 29.6 Å². The largest absolute Gasteiger partial charge is 0.341 e. The molecule has 0 spiro atoms. The highest BCUT2D eigenvalue weighted by atomic mass is 32.2. The molecule has 0 atom stereocenters. The summed E-state index contributed by atoms with van der Waals surface area (Å²) < 4.78 is 26.0. The molecule has 3 rings (SSSR count). The van der Waals surface area contributed by atoms with Crippen molar-refractivity contribution in [1.29, 1.82) is 0 Å². The molecule has 2 N–H and O–H groups in total. The van der Waals surface area contributed by atoms with Crippen LogP contribution in [0.4, 0.5) is 0 Å². The Kier molecular flexibility index (Phi) is 2.64. The normalized spacial score (nSPS) is 16.3. The van der Waals surface area contributed by atoms with E-state index in [-0.39, 0.29) is 11.8 Å². The van der Waals surface area contributed by atoms with Crippen molar-refractivity contribution in [2.24, 2.45) is 0 Å². The summed E-state index contributed by atoms with van der Waals surface area (Å²) in [6.45, 7) is 2.22. The van der Waals surface area contributed by atoms with Crippen LogP contribution in [-0.4, -0.2) is 23.6 Å². The fraction of sp³-hybridized carbons (Fsp3) is 0.417. The minimum atomic E-state index is -3.14. The Bertz CT molecular complexity index is 686. The van der Waals surface area contributed by atoms with Crippen LogP contribution in [0.15, 0.2) is 18.2 Å². The molecule has 6 heteroatoms. The molecule has 96 valence electrons. The van der Waals surface area contributed by atoms with Crippen molar-refractivity contribution >= 4 is 21.1 Å². The second-order valence-electron chi connectivity index (χ2n) is 4.72. The van der Waals surface area contributed by atoms with E-state index in [1.165, 1.54) is 0 Å². The summed E-state index contributed by atoms with van der Waals surface area (Å²) in [7, 11) is -3.14. The molecule has 1 aliphatic rings. The van der Waals surface area contributed by atoms with E-state index >= 15 is 0 Å². The number of sulfonamides is 1. The summed E-state index contributed by atoms with van der Waals surface area (Å²) in [5, 5.41) is -0.191. The molecular weight excluding hydrogens is 250 g/mol. The number of benzene rings is 1. The van der Waals surface area contributed by atoms with Crippen LogP contribution < -0.4 is 4.72 Å². The first-order valence-electron chi connectivity index (χ1n) is 5.99. The standard InChI is InChI=1S/C12H15N3O2S/c1-8-3-2-4-10-12(8)15-11(14-10)7-13-18(16,17)9-5-6-9/h2-4,9,13H,5-7H2,1H3,(H,14,15). The second kappa shape index (κ2) is 4.07. The molecule has 5 nitrogen and oxygen atoms in total. The van der Waals surface area contributed by atoms with Crippen molar-refractivity contribution in [2.75, 3.05) is 0 Å². The van der Waals surface area contributed by atoms with Gasteiger partial charge in [0.15, 0.2) is 0 Å². The fourth-order valence-electron chi connectivity index (χ4n) is 1.98. The topological polar surface area (TPSA) is 74.8 Å². The number of aryl methyl sites for hydroxylation is 1. The van der Waals surface area contributed by atoms with E-state index in [9.17, 15) is 8.42 Å². The lowest BCUT2D eigenvalue weighted by atomic mass is 10.2. The Morgan fingerprint density at radius 1 is 1.44 bits per heavy atom. The van der Waals surface area contributed by atoms with E-state index in [2.05, 4.69) is 14.7 Å². The lowest BCUT2D eigenvalue weighted by Crippen LogP contribution is -2.27. The molecule has 1 aliphatic carbocycles. The summed E-state index contributed by atoms with van der Waals surface area (Å²) in [6, 6.07) is 5.88. The number of aromatic nitrogens is 2. The van der Waals surface area contributed by atoms with Gasteiger partial charge in [0.05, 0.1) is 22.8 Å². The highest BCUT2D eigenvalue weighted by molar-refractivity contribution is 7.90. The first-order chi connectivity index (χ1) is 8.56.